The molecule has 4 N–H and O–H groups in total. The Morgan fingerprint density at radius 3 is 2.67 bits per heavy atom. The minimum absolute atomic E-state index is 0.00494. The second-order valence-corrected chi connectivity index (χ2v) is 5.25. The Bertz CT molecular complexity index is 524. The Kier molecular flexibility index (Phi) is 5.03. The molecule has 21 heavy (non-hydrogen) atoms. The summed E-state index contributed by atoms with van der Waals surface area (Å²) in [4.78, 5) is 22.9. The number of carbonyl (C=O) groups excluding carboxylic acids is 1. The standard InChI is InChI=1S/C15H20N2O4/c16-10-6-7-12(15(19)20)13(8-10)21-9-14(18)17-11-4-2-1-3-5-11/h6-8,11H,1-5,9,16H2,(H,17,18)(H,19,20). The molecule has 0 heterocycles. The molecule has 0 bridgehead atoms. The average molecular weight is 292 g/mol. The van der Waals surface area contributed by atoms with E-state index in [1.165, 1.54) is 24.6 Å². The number of nitrogens with one attached hydrogen (secondary N) is 1. The monoisotopic (exact) mass is 292 g/mol. The number of nitrogens with two attached hydrogens (primary N) is 1. The van der Waals surface area contributed by atoms with E-state index >= 15 is 0 Å². The van der Waals surface area contributed by atoms with Crippen LogP contribution in [0.3, 0.4) is 0 Å². The summed E-state index contributed by atoms with van der Waals surface area (Å²) in [6.45, 7) is -0.208. The van der Waals surface area contributed by atoms with Crippen molar-refractivity contribution in [3.8, 4) is 5.75 Å². The number of carboxylic acids is 1. The average Bonchev–Trinajstić information content (AvgIpc) is 2.46. The summed E-state index contributed by atoms with van der Waals surface area (Å²) in [6, 6.07) is 4.47. The third-order valence-corrected chi connectivity index (χ3v) is 3.57. The zero-order valence-electron chi connectivity index (χ0n) is 11.8. The van der Waals surface area contributed by atoms with Crippen molar-refractivity contribution in [2.75, 3.05) is 12.3 Å². The first-order chi connectivity index (χ1) is 10.1. The van der Waals surface area contributed by atoms with Gasteiger partial charge >= 0.3 is 5.97 Å². The van der Waals surface area contributed by atoms with Gasteiger partial charge in [0.25, 0.3) is 5.91 Å². The Morgan fingerprint density at radius 1 is 1.29 bits per heavy atom. The number of nitrogen functional groups attached to an aromatic ring is 1. The fourth-order valence-corrected chi connectivity index (χ4v) is 2.49. The van der Waals surface area contributed by atoms with Gasteiger partial charge in [-0.05, 0) is 25.0 Å². The summed E-state index contributed by atoms with van der Waals surface area (Å²) in [5.41, 5.74) is 6.00. The number of hydrogen-bond acceptors (Lipinski definition) is 4. The molecular formula is C15H20N2O4. The lowest BCUT2D eigenvalue weighted by Crippen LogP contribution is -2.39. The number of anilines is 1. The number of carboxylic acid groups (broad SMARTS) is 1. The van der Waals surface area contributed by atoms with Gasteiger partial charge in [-0.3, -0.25) is 4.79 Å². The summed E-state index contributed by atoms with van der Waals surface area (Å²) < 4.78 is 5.31. The highest BCUT2D eigenvalue weighted by Crippen LogP contribution is 2.22. The largest absolute Gasteiger partial charge is 0.483 e. The number of hydrogen-bond donors (Lipinski definition) is 3. The smallest absolute Gasteiger partial charge is 0.339 e. The molecule has 1 aromatic carbocycles. The molecule has 2 rings (SSSR count). The second-order valence-electron chi connectivity index (χ2n) is 5.25. The molecule has 1 aliphatic rings. The van der Waals surface area contributed by atoms with Crippen LogP contribution in [0, 0.1) is 0 Å². The number of amides is 1. The molecule has 0 radical (unpaired) electrons. The highest BCUT2D eigenvalue weighted by Gasteiger charge is 2.17. The Hall–Kier alpha value is -2.24. The molecule has 1 saturated carbocycles. The zero-order valence-corrected chi connectivity index (χ0v) is 11.8. The van der Waals surface area contributed by atoms with Crippen LogP contribution in [0.2, 0.25) is 0 Å². The van der Waals surface area contributed by atoms with Gasteiger partial charge in [0.2, 0.25) is 0 Å². The second kappa shape index (κ2) is 6.97. The molecule has 114 valence electrons. The van der Waals surface area contributed by atoms with E-state index < -0.39 is 5.97 Å². The van der Waals surface area contributed by atoms with Gasteiger partial charge in [-0.1, -0.05) is 19.3 Å². The Morgan fingerprint density at radius 2 is 2.00 bits per heavy atom. The lowest BCUT2D eigenvalue weighted by Gasteiger charge is -2.22. The molecule has 0 spiro atoms. The number of aromatic carboxylic acids is 1. The van der Waals surface area contributed by atoms with E-state index in [0.717, 1.165) is 25.7 Å². The zero-order chi connectivity index (χ0) is 15.2. The number of ether oxygens (including phenoxy) is 1. The van der Waals surface area contributed by atoms with Gasteiger partial charge in [-0.15, -0.1) is 0 Å². The molecule has 1 amide bonds. The minimum atomic E-state index is -1.11. The highest BCUT2D eigenvalue weighted by atomic mass is 16.5. The van der Waals surface area contributed by atoms with Crippen molar-refractivity contribution in [3.63, 3.8) is 0 Å². The van der Waals surface area contributed by atoms with Gasteiger partial charge in [0.15, 0.2) is 6.61 Å². The number of rotatable bonds is 5. The first-order valence-electron chi connectivity index (χ1n) is 7.11. The van der Waals surface area contributed by atoms with Gasteiger partial charge in [0.05, 0.1) is 0 Å². The molecule has 0 saturated heterocycles. The predicted molar refractivity (Wildman–Crippen MR) is 78.3 cm³/mol. The maximum Gasteiger partial charge on any atom is 0.339 e. The van der Waals surface area contributed by atoms with Crippen LogP contribution in [0.1, 0.15) is 42.5 Å². The summed E-state index contributed by atoms with van der Waals surface area (Å²) in [6.07, 6.45) is 5.46. The summed E-state index contributed by atoms with van der Waals surface area (Å²) >= 11 is 0. The molecule has 1 aliphatic carbocycles. The summed E-state index contributed by atoms with van der Waals surface area (Å²) in [5.74, 6) is -1.24. The van der Waals surface area contributed by atoms with Crippen molar-refractivity contribution < 1.29 is 19.4 Å². The first-order valence-corrected chi connectivity index (χ1v) is 7.11. The molecule has 1 fully saturated rings. The lowest BCUT2D eigenvalue weighted by molar-refractivity contribution is -0.124. The predicted octanol–water partition coefficient (Wildman–Crippen LogP) is 1.79. The van der Waals surface area contributed by atoms with Gasteiger partial charge in [0.1, 0.15) is 11.3 Å². The fourth-order valence-electron chi connectivity index (χ4n) is 2.49. The van der Waals surface area contributed by atoms with Crippen molar-refractivity contribution >= 4 is 17.6 Å². The molecule has 0 atom stereocenters. The van der Waals surface area contributed by atoms with E-state index in [0.29, 0.717) is 5.69 Å². The number of carbonyl (C=O) groups is 2. The van der Waals surface area contributed by atoms with Crippen molar-refractivity contribution in [1.29, 1.82) is 0 Å². The van der Waals surface area contributed by atoms with Gasteiger partial charge < -0.3 is 20.9 Å². The molecule has 1 aromatic rings. The van der Waals surface area contributed by atoms with E-state index in [9.17, 15) is 9.59 Å². The van der Waals surface area contributed by atoms with Crippen LogP contribution in [-0.2, 0) is 4.79 Å². The van der Waals surface area contributed by atoms with E-state index in [4.69, 9.17) is 15.6 Å². The molecule has 0 aliphatic heterocycles. The van der Waals surface area contributed by atoms with Crippen LogP contribution in [0.5, 0.6) is 5.75 Å². The maximum atomic E-state index is 11.8. The quantitative estimate of drug-likeness (QED) is 0.718. The summed E-state index contributed by atoms with van der Waals surface area (Å²) in [5, 5.41) is 12.0. The Labute approximate surface area is 123 Å². The highest BCUT2D eigenvalue weighted by molar-refractivity contribution is 5.91. The Balaban J connectivity index is 1.91. The topological polar surface area (TPSA) is 102 Å². The van der Waals surface area contributed by atoms with Crippen LogP contribution >= 0.6 is 0 Å². The van der Waals surface area contributed by atoms with Crippen molar-refractivity contribution in [2.45, 2.75) is 38.1 Å². The minimum Gasteiger partial charge on any atom is -0.483 e. The van der Waals surface area contributed by atoms with Crippen LogP contribution in [0.15, 0.2) is 18.2 Å². The first kappa shape index (κ1) is 15.2. The molecule has 6 heteroatoms. The van der Waals surface area contributed by atoms with Crippen LogP contribution in [-0.4, -0.2) is 29.6 Å². The molecule has 0 unspecified atom stereocenters. The molecule has 6 nitrogen and oxygen atoms in total. The SMILES string of the molecule is Nc1ccc(C(=O)O)c(OCC(=O)NC2CCCCC2)c1. The van der Waals surface area contributed by atoms with Gasteiger partial charge in [-0.25, -0.2) is 4.79 Å². The van der Waals surface area contributed by atoms with Crippen molar-refractivity contribution in [2.24, 2.45) is 0 Å². The lowest BCUT2D eigenvalue weighted by atomic mass is 9.95. The fraction of sp³-hybridized carbons (Fsp3) is 0.467. The van der Waals surface area contributed by atoms with E-state index in [2.05, 4.69) is 5.32 Å². The van der Waals surface area contributed by atoms with Crippen molar-refractivity contribution in [3.05, 3.63) is 23.8 Å². The third-order valence-electron chi connectivity index (χ3n) is 3.57. The van der Waals surface area contributed by atoms with E-state index in [1.54, 1.807) is 0 Å². The molecular weight excluding hydrogens is 272 g/mol. The van der Waals surface area contributed by atoms with Crippen LogP contribution in [0.25, 0.3) is 0 Å². The third kappa shape index (κ3) is 4.37. The number of benzene rings is 1. The maximum absolute atomic E-state index is 11.8. The normalized spacial score (nSPS) is 15.4. The van der Waals surface area contributed by atoms with E-state index in [-0.39, 0.29) is 29.9 Å². The summed E-state index contributed by atoms with van der Waals surface area (Å²) in [7, 11) is 0. The van der Waals surface area contributed by atoms with Gasteiger partial charge in [0, 0.05) is 17.8 Å². The van der Waals surface area contributed by atoms with Crippen molar-refractivity contribution in [1.82, 2.24) is 5.32 Å². The van der Waals surface area contributed by atoms with Crippen LogP contribution in [0.4, 0.5) is 5.69 Å². The van der Waals surface area contributed by atoms with Gasteiger partial charge in [-0.2, -0.15) is 0 Å². The van der Waals surface area contributed by atoms with Crippen LogP contribution < -0.4 is 15.8 Å². The molecule has 0 aromatic heterocycles. The van der Waals surface area contributed by atoms with E-state index in [1.807, 2.05) is 0 Å².